The van der Waals surface area contributed by atoms with Crippen LogP contribution in [0.1, 0.15) is 50.2 Å². The molecule has 34 heavy (non-hydrogen) atoms. The summed E-state index contributed by atoms with van der Waals surface area (Å²) in [4.78, 5) is 31.2. The summed E-state index contributed by atoms with van der Waals surface area (Å²) in [5.74, 6) is -1.20. The molecule has 0 radical (unpaired) electrons. The number of allylic oxidation sites excluding steroid dienone is 1. The second-order valence-corrected chi connectivity index (χ2v) is 9.39. The highest BCUT2D eigenvalue weighted by Crippen LogP contribution is 2.46. The monoisotopic (exact) mass is 525 g/mol. The maximum Gasteiger partial charge on any atom is 0.336 e. The number of Topliss-reactive ketones (excluding diaryl/α,β-unsaturated/α-hetero) is 1. The van der Waals surface area contributed by atoms with Gasteiger partial charge in [-0.2, -0.15) is 0 Å². The van der Waals surface area contributed by atoms with Crippen LogP contribution in [0.25, 0.3) is 0 Å². The summed E-state index contributed by atoms with van der Waals surface area (Å²) in [6.07, 6.45) is 2.53. The summed E-state index contributed by atoms with van der Waals surface area (Å²) < 4.78 is 11.7. The molecule has 1 fully saturated rings. The van der Waals surface area contributed by atoms with Crippen LogP contribution in [0, 0.1) is 5.92 Å². The Morgan fingerprint density at radius 1 is 1.18 bits per heavy atom. The Hall–Kier alpha value is -2.93. The first-order chi connectivity index (χ1) is 16.4. The van der Waals surface area contributed by atoms with E-state index in [9.17, 15) is 14.7 Å². The van der Waals surface area contributed by atoms with Crippen LogP contribution in [0.4, 0.5) is 0 Å². The Morgan fingerprint density at radius 2 is 1.94 bits per heavy atom. The van der Waals surface area contributed by atoms with Gasteiger partial charge in [0.1, 0.15) is 5.78 Å². The summed E-state index contributed by atoms with van der Waals surface area (Å²) in [6.45, 7) is 4.22. The van der Waals surface area contributed by atoms with Gasteiger partial charge in [-0.25, -0.2) is 4.79 Å². The van der Waals surface area contributed by atoms with Gasteiger partial charge in [-0.3, -0.25) is 9.79 Å². The summed E-state index contributed by atoms with van der Waals surface area (Å²) >= 11 is 3.40. The number of nitrogens with zero attached hydrogens (tertiary/aromatic N) is 1. The minimum atomic E-state index is -0.555. The van der Waals surface area contributed by atoms with Crippen LogP contribution in [0.5, 0.6) is 11.5 Å². The number of hydrogen-bond donors (Lipinski definition) is 1. The third-order valence-corrected chi connectivity index (χ3v) is 6.91. The number of rotatable bonds is 7. The van der Waals surface area contributed by atoms with Crippen molar-refractivity contribution in [3.8, 4) is 11.5 Å². The van der Waals surface area contributed by atoms with Crippen LogP contribution in [0.15, 0.2) is 63.2 Å². The lowest BCUT2D eigenvalue weighted by Gasteiger charge is -2.35. The molecule has 2 aromatic carbocycles. The van der Waals surface area contributed by atoms with Crippen LogP contribution in [0.2, 0.25) is 0 Å². The molecule has 178 valence electrons. The number of halogens is 1. The number of esters is 1. The minimum Gasteiger partial charge on any atom is -0.503 e. The second-order valence-electron chi connectivity index (χ2n) is 8.53. The number of aliphatic imine (C=N–C) groups is 1. The zero-order valence-corrected chi connectivity index (χ0v) is 20.9. The fraction of sp³-hybridized carbons (Fsp3) is 0.370. The van der Waals surface area contributed by atoms with Crippen LogP contribution >= 0.6 is 15.9 Å². The maximum absolute atomic E-state index is 13.4. The summed E-state index contributed by atoms with van der Waals surface area (Å²) in [7, 11) is 0. The molecule has 4 rings (SSSR count). The van der Waals surface area contributed by atoms with E-state index in [1.165, 1.54) is 0 Å². The van der Waals surface area contributed by atoms with Crippen LogP contribution < -0.4 is 4.74 Å². The summed E-state index contributed by atoms with van der Waals surface area (Å²) in [6, 6.07) is 13.3. The highest BCUT2D eigenvalue weighted by atomic mass is 79.9. The van der Waals surface area contributed by atoms with Gasteiger partial charge in [0.05, 0.1) is 29.2 Å². The molecule has 2 atom stereocenters. The van der Waals surface area contributed by atoms with Crippen molar-refractivity contribution >= 4 is 33.4 Å². The predicted molar refractivity (Wildman–Crippen MR) is 133 cm³/mol. The largest absolute Gasteiger partial charge is 0.503 e. The molecule has 0 bridgehead atoms. The van der Waals surface area contributed by atoms with Crippen molar-refractivity contribution in [2.45, 2.75) is 45.4 Å². The Kier molecular flexibility index (Phi) is 7.51. The van der Waals surface area contributed by atoms with E-state index in [1.54, 1.807) is 19.1 Å². The number of phenolic OH excluding ortho intramolecular Hbond substituents is 1. The van der Waals surface area contributed by atoms with Crippen molar-refractivity contribution in [2.24, 2.45) is 10.9 Å². The van der Waals surface area contributed by atoms with Gasteiger partial charge in [0.2, 0.25) is 0 Å². The SMILES string of the molecule is CCOc1cc([C@@H]2C(C(=O)OCCc3ccccc3)=C(C)N=C3CCCC(=O)C32)cc(Br)c1O. The Balaban J connectivity index is 1.71. The van der Waals surface area contributed by atoms with Crippen molar-refractivity contribution in [3.63, 3.8) is 0 Å². The molecule has 1 heterocycles. The van der Waals surface area contributed by atoms with E-state index in [-0.39, 0.29) is 18.1 Å². The highest BCUT2D eigenvalue weighted by molar-refractivity contribution is 9.10. The zero-order valence-electron chi connectivity index (χ0n) is 19.3. The quantitative estimate of drug-likeness (QED) is 0.481. The standard InChI is InChI=1S/C27H28BrNO5/c1-3-33-22-15-18(14-19(28)26(22)31)24-23(16(2)29-20-10-7-11-21(30)25(20)24)27(32)34-13-12-17-8-5-4-6-9-17/h4-6,8-9,14-15,24-25,31H,3,7,10-13H2,1-2H3/t24-,25?/m1/s1. The van der Waals surface area contributed by atoms with Crippen molar-refractivity contribution < 1.29 is 24.2 Å². The lowest BCUT2D eigenvalue weighted by Crippen LogP contribution is -2.39. The van der Waals surface area contributed by atoms with Crippen molar-refractivity contribution in [3.05, 3.63) is 69.3 Å². The average molecular weight is 526 g/mol. The number of aromatic hydroxyl groups is 1. The molecule has 6 nitrogen and oxygen atoms in total. The van der Waals surface area contributed by atoms with E-state index in [0.29, 0.717) is 46.5 Å². The molecule has 0 amide bonds. The molecule has 1 aliphatic carbocycles. The number of hydrogen-bond acceptors (Lipinski definition) is 6. The number of phenols is 1. The summed E-state index contributed by atoms with van der Waals surface area (Å²) in [5.41, 5.74) is 3.54. The lowest BCUT2D eigenvalue weighted by atomic mass is 9.69. The Bertz CT molecular complexity index is 1160. The van der Waals surface area contributed by atoms with Gasteiger partial charge in [-0.1, -0.05) is 30.3 Å². The molecule has 1 aliphatic heterocycles. The lowest BCUT2D eigenvalue weighted by molar-refractivity contribution is -0.139. The molecule has 1 saturated carbocycles. The van der Waals surface area contributed by atoms with Gasteiger partial charge in [-0.05, 0) is 65.9 Å². The van der Waals surface area contributed by atoms with Gasteiger partial charge < -0.3 is 14.6 Å². The van der Waals surface area contributed by atoms with Crippen LogP contribution in [-0.4, -0.2) is 35.8 Å². The number of benzene rings is 2. The summed E-state index contributed by atoms with van der Waals surface area (Å²) in [5, 5.41) is 10.4. The molecule has 1 N–H and O–H groups in total. The van der Waals surface area contributed by atoms with Gasteiger partial charge in [0, 0.05) is 30.2 Å². The van der Waals surface area contributed by atoms with Gasteiger partial charge in [-0.15, -0.1) is 0 Å². The number of ketones is 1. The van der Waals surface area contributed by atoms with Crippen LogP contribution in [0.3, 0.4) is 0 Å². The molecular weight excluding hydrogens is 498 g/mol. The molecule has 7 heteroatoms. The van der Waals surface area contributed by atoms with E-state index in [0.717, 1.165) is 24.1 Å². The first-order valence-electron chi connectivity index (χ1n) is 11.6. The van der Waals surface area contributed by atoms with E-state index >= 15 is 0 Å². The molecule has 2 aromatic rings. The third-order valence-electron chi connectivity index (χ3n) is 6.30. The molecule has 0 aromatic heterocycles. The average Bonchev–Trinajstić information content (AvgIpc) is 2.82. The van der Waals surface area contributed by atoms with Gasteiger partial charge in [0.25, 0.3) is 0 Å². The molecule has 0 saturated heterocycles. The smallest absolute Gasteiger partial charge is 0.336 e. The van der Waals surface area contributed by atoms with Crippen molar-refractivity contribution in [2.75, 3.05) is 13.2 Å². The predicted octanol–water partition coefficient (Wildman–Crippen LogP) is 5.52. The third kappa shape index (κ3) is 4.94. The molecular formula is C27H28BrNO5. The van der Waals surface area contributed by atoms with E-state index in [4.69, 9.17) is 9.47 Å². The number of carbonyl (C=O) groups is 2. The first kappa shape index (κ1) is 24.2. The topological polar surface area (TPSA) is 85.2 Å². The molecule has 1 unspecified atom stereocenters. The van der Waals surface area contributed by atoms with Crippen LogP contribution in [-0.2, 0) is 20.7 Å². The van der Waals surface area contributed by atoms with Crippen molar-refractivity contribution in [1.82, 2.24) is 0 Å². The molecule has 2 aliphatic rings. The maximum atomic E-state index is 13.4. The second kappa shape index (κ2) is 10.6. The van der Waals surface area contributed by atoms with E-state index < -0.39 is 17.8 Å². The minimum absolute atomic E-state index is 0.0158. The van der Waals surface area contributed by atoms with E-state index in [1.807, 2.05) is 37.3 Å². The zero-order chi connectivity index (χ0) is 24.2. The van der Waals surface area contributed by atoms with Gasteiger partial charge >= 0.3 is 5.97 Å². The van der Waals surface area contributed by atoms with Crippen molar-refractivity contribution in [1.29, 1.82) is 0 Å². The normalized spacial score (nSPS) is 20.0. The number of carbonyl (C=O) groups excluding carboxylic acids is 2. The Labute approximate surface area is 207 Å². The Morgan fingerprint density at radius 3 is 2.68 bits per heavy atom. The van der Waals surface area contributed by atoms with E-state index in [2.05, 4.69) is 20.9 Å². The highest BCUT2D eigenvalue weighted by Gasteiger charge is 2.44. The van der Waals surface area contributed by atoms with Gasteiger partial charge in [0.15, 0.2) is 11.5 Å². The first-order valence-corrected chi connectivity index (χ1v) is 12.4. The fourth-order valence-electron chi connectivity index (χ4n) is 4.77. The fourth-order valence-corrected chi connectivity index (χ4v) is 5.23. The molecule has 0 spiro atoms. The number of fused-ring (bicyclic) bond motifs is 1. The number of ether oxygens (including phenoxy) is 2.